The second kappa shape index (κ2) is 4.10. The van der Waals surface area contributed by atoms with Crippen molar-refractivity contribution in [1.29, 1.82) is 0 Å². The van der Waals surface area contributed by atoms with Crippen LogP contribution in [0.25, 0.3) is 0 Å². The summed E-state index contributed by atoms with van der Waals surface area (Å²) in [5.74, 6) is -0.806. The monoisotopic (exact) mass is 217 g/mol. The van der Waals surface area contributed by atoms with E-state index in [-0.39, 0.29) is 0 Å². The van der Waals surface area contributed by atoms with Crippen molar-refractivity contribution >= 4 is 5.97 Å². The largest absolute Gasteiger partial charge is 0.480 e. The molecule has 1 aliphatic rings. The molecular formula is C13H15NO2. The minimum Gasteiger partial charge on any atom is -0.480 e. The van der Waals surface area contributed by atoms with Gasteiger partial charge in [0.2, 0.25) is 0 Å². The third-order valence-electron chi connectivity index (χ3n) is 3.16. The maximum absolute atomic E-state index is 11.5. The summed E-state index contributed by atoms with van der Waals surface area (Å²) in [6, 6.07) is 7.73. The lowest BCUT2D eigenvalue weighted by atomic mass is 9.92. The zero-order chi connectivity index (χ0) is 11.6. The van der Waals surface area contributed by atoms with Crippen LogP contribution in [0.5, 0.6) is 0 Å². The average molecular weight is 217 g/mol. The number of carboxylic acids is 1. The lowest BCUT2D eigenvalue weighted by molar-refractivity contribution is -0.145. The standard InChI is InChI=1S/C13H15NO2/c1-2-9-14-13(12(15)16)8-7-10-5-3-4-6-11(10)13/h2-6,14H,1,7-9H2,(H,15,16). The number of hydrogen-bond acceptors (Lipinski definition) is 2. The molecule has 0 saturated carbocycles. The zero-order valence-corrected chi connectivity index (χ0v) is 9.07. The second-order valence-electron chi connectivity index (χ2n) is 4.04. The van der Waals surface area contributed by atoms with E-state index < -0.39 is 11.5 Å². The Bertz CT molecular complexity index is 428. The SMILES string of the molecule is C=CCNC1(C(=O)O)CCc2ccccc21. The number of aliphatic carboxylic acids is 1. The Kier molecular flexibility index (Phi) is 2.79. The van der Waals surface area contributed by atoms with Crippen LogP contribution in [0.1, 0.15) is 17.5 Å². The number of fused-ring (bicyclic) bond motifs is 1. The van der Waals surface area contributed by atoms with Crippen LogP contribution in [-0.4, -0.2) is 17.6 Å². The van der Waals surface area contributed by atoms with E-state index in [4.69, 9.17) is 0 Å². The molecule has 3 nitrogen and oxygen atoms in total. The third kappa shape index (κ3) is 1.53. The van der Waals surface area contributed by atoms with Crippen LogP contribution < -0.4 is 5.32 Å². The van der Waals surface area contributed by atoms with Gasteiger partial charge in [-0.05, 0) is 24.0 Å². The molecule has 0 bridgehead atoms. The highest BCUT2D eigenvalue weighted by Gasteiger charge is 2.44. The van der Waals surface area contributed by atoms with Crippen molar-refractivity contribution in [3.63, 3.8) is 0 Å². The lowest BCUT2D eigenvalue weighted by Gasteiger charge is -2.26. The summed E-state index contributed by atoms with van der Waals surface area (Å²) >= 11 is 0. The van der Waals surface area contributed by atoms with Gasteiger partial charge in [0.25, 0.3) is 0 Å². The topological polar surface area (TPSA) is 49.3 Å². The van der Waals surface area contributed by atoms with Crippen molar-refractivity contribution in [2.75, 3.05) is 6.54 Å². The first kappa shape index (κ1) is 10.9. The summed E-state index contributed by atoms with van der Waals surface area (Å²) in [5, 5.41) is 12.5. The van der Waals surface area contributed by atoms with Crippen molar-refractivity contribution in [1.82, 2.24) is 5.32 Å². The lowest BCUT2D eigenvalue weighted by Crippen LogP contribution is -2.47. The van der Waals surface area contributed by atoms with Gasteiger partial charge in [0.1, 0.15) is 5.54 Å². The number of benzene rings is 1. The van der Waals surface area contributed by atoms with Gasteiger partial charge < -0.3 is 5.11 Å². The molecule has 1 atom stereocenters. The molecule has 0 spiro atoms. The van der Waals surface area contributed by atoms with Crippen molar-refractivity contribution in [3.8, 4) is 0 Å². The summed E-state index contributed by atoms with van der Waals surface area (Å²) < 4.78 is 0. The van der Waals surface area contributed by atoms with Gasteiger partial charge in [-0.1, -0.05) is 30.3 Å². The van der Waals surface area contributed by atoms with E-state index >= 15 is 0 Å². The molecule has 0 saturated heterocycles. The summed E-state index contributed by atoms with van der Waals surface area (Å²) in [6.07, 6.45) is 3.10. The van der Waals surface area contributed by atoms with Crippen LogP contribution >= 0.6 is 0 Å². The molecule has 3 heteroatoms. The first-order valence-electron chi connectivity index (χ1n) is 5.38. The fourth-order valence-electron chi connectivity index (χ4n) is 2.34. The number of aryl methyl sites for hydroxylation is 1. The van der Waals surface area contributed by atoms with Gasteiger partial charge in [0, 0.05) is 6.54 Å². The molecule has 84 valence electrons. The van der Waals surface area contributed by atoms with E-state index in [1.807, 2.05) is 24.3 Å². The molecule has 1 aromatic carbocycles. The predicted molar refractivity (Wildman–Crippen MR) is 62.3 cm³/mol. The van der Waals surface area contributed by atoms with Crippen LogP contribution in [0.3, 0.4) is 0 Å². The molecule has 0 radical (unpaired) electrons. The zero-order valence-electron chi connectivity index (χ0n) is 9.07. The minimum atomic E-state index is -0.926. The van der Waals surface area contributed by atoms with Crippen LogP contribution in [0, 0.1) is 0 Å². The highest BCUT2D eigenvalue weighted by molar-refractivity contribution is 5.82. The number of nitrogens with one attached hydrogen (secondary N) is 1. The molecule has 1 aliphatic carbocycles. The molecule has 0 aliphatic heterocycles. The molecule has 0 amide bonds. The van der Waals surface area contributed by atoms with Gasteiger partial charge >= 0.3 is 5.97 Å². The van der Waals surface area contributed by atoms with Crippen molar-refractivity contribution in [2.45, 2.75) is 18.4 Å². The Labute approximate surface area is 94.8 Å². The van der Waals surface area contributed by atoms with Gasteiger partial charge in [0.15, 0.2) is 0 Å². The summed E-state index contributed by atoms with van der Waals surface area (Å²) in [7, 11) is 0. The molecule has 16 heavy (non-hydrogen) atoms. The van der Waals surface area contributed by atoms with Crippen LogP contribution in [-0.2, 0) is 16.8 Å². The van der Waals surface area contributed by atoms with Crippen molar-refractivity contribution in [2.24, 2.45) is 0 Å². The highest BCUT2D eigenvalue weighted by Crippen LogP contribution is 2.36. The first-order chi connectivity index (χ1) is 7.70. The van der Waals surface area contributed by atoms with Gasteiger partial charge in [0.05, 0.1) is 0 Å². The fraction of sp³-hybridized carbons (Fsp3) is 0.308. The molecule has 1 aromatic rings. The van der Waals surface area contributed by atoms with Crippen LogP contribution in [0.2, 0.25) is 0 Å². The average Bonchev–Trinajstić information content (AvgIpc) is 2.67. The van der Waals surface area contributed by atoms with E-state index in [9.17, 15) is 9.90 Å². The van der Waals surface area contributed by atoms with Crippen LogP contribution in [0.4, 0.5) is 0 Å². The molecule has 0 heterocycles. The first-order valence-corrected chi connectivity index (χ1v) is 5.38. The van der Waals surface area contributed by atoms with E-state index in [2.05, 4.69) is 11.9 Å². The quantitative estimate of drug-likeness (QED) is 0.754. The molecule has 2 rings (SSSR count). The van der Waals surface area contributed by atoms with Gasteiger partial charge in [-0.25, -0.2) is 4.79 Å². The second-order valence-corrected chi connectivity index (χ2v) is 4.04. The Morgan fingerprint density at radius 3 is 3.00 bits per heavy atom. The van der Waals surface area contributed by atoms with E-state index in [0.717, 1.165) is 17.5 Å². The van der Waals surface area contributed by atoms with Gasteiger partial charge in [-0.3, -0.25) is 5.32 Å². The number of carbonyl (C=O) groups is 1. The molecule has 2 N–H and O–H groups in total. The number of rotatable bonds is 4. The maximum atomic E-state index is 11.5. The van der Waals surface area contributed by atoms with Crippen molar-refractivity contribution < 1.29 is 9.90 Å². The maximum Gasteiger partial charge on any atom is 0.328 e. The van der Waals surface area contributed by atoms with E-state index in [1.54, 1.807) is 6.08 Å². The Hall–Kier alpha value is -1.61. The molecular weight excluding hydrogens is 202 g/mol. The summed E-state index contributed by atoms with van der Waals surface area (Å²) in [6.45, 7) is 4.11. The number of carboxylic acid groups (broad SMARTS) is 1. The Morgan fingerprint density at radius 1 is 1.56 bits per heavy atom. The Morgan fingerprint density at radius 2 is 2.31 bits per heavy atom. The van der Waals surface area contributed by atoms with E-state index in [0.29, 0.717) is 13.0 Å². The fourth-order valence-corrected chi connectivity index (χ4v) is 2.34. The van der Waals surface area contributed by atoms with Crippen molar-refractivity contribution in [3.05, 3.63) is 48.0 Å². The van der Waals surface area contributed by atoms with Crippen LogP contribution in [0.15, 0.2) is 36.9 Å². The molecule has 0 aromatic heterocycles. The molecule has 1 unspecified atom stereocenters. The highest BCUT2D eigenvalue weighted by atomic mass is 16.4. The minimum absolute atomic E-state index is 0.501. The molecule has 0 fully saturated rings. The van der Waals surface area contributed by atoms with E-state index in [1.165, 1.54) is 0 Å². The Balaban J connectivity index is 2.42. The summed E-state index contributed by atoms with van der Waals surface area (Å²) in [5.41, 5.74) is 1.09. The van der Waals surface area contributed by atoms with Gasteiger partial charge in [-0.2, -0.15) is 0 Å². The smallest absolute Gasteiger partial charge is 0.328 e. The van der Waals surface area contributed by atoms with Gasteiger partial charge in [-0.15, -0.1) is 6.58 Å². The predicted octanol–water partition coefficient (Wildman–Crippen LogP) is 1.69. The number of hydrogen-bond donors (Lipinski definition) is 2. The summed E-state index contributed by atoms with van der Waals surface area (Å²) in [4.78, 5) is 11.5. The normalized spacial score (nSPS) is 22.8. The third-order valence-corrected chi connectivity index (χ3v) is 3.16.